The van der Waals surface area contributed by atoms with Gasteiger partial charge in [-0.05, 0) is 59.3 Å². The number of benzene rings is 3. The molecule has 10 nitrogen and oxygen atoms in total. The van der Waals surface area contributed by atoms with Crippen LogP contribution in [0.5, 0.6) is 5.75 Å². The Balaban J connectivity index is 0.000000303. The predicted molar refractivity (Wildman–Crippen MR) is 143 cm³/mol. The lowest BCUT2D eigenvalue weighted by molar-refractivity contribution is -0.165. The van der Waals surface area contributed by atoms with Crippen molar-refractivity contribution in [2.75, 3.05) is 13.6 Å². The number of ether oxygens (including phenoxy) is 1. The maximum Gasteiger partial charge on any atom is 0.335 e. The van der Waals surface area contributed by atoms with Gasteiger partial charge >= 0.3 is 11.9 Å². The standard InChI is InChI=1S/C25H23N3O.C4H6O6/c1-28-14-12-25(29-22-10-8-18-5-2-3-6-19(18)16-22)23-11-9-20(15-21(23)17-28)24-7-4-13-26-27-24;5-1(3(7)8)2(6)4(9)10/h2-11,13,15-16,25H,12,14,17H2,1H3;1-2,5-6H,(H,7,8)(H,9,10). The van der Waals surface area contributed by atoms with Crippen molar-refractivity contribution in [2.24, 2.45) is 0 Å². The van der Waals surface area contributed by atoms with E-state index in [-0.39, 0.29) is 6.10 Å². The highest BCUT2D eigenvalue weighted by Gasteiger charge is 2.29. The van der Waals surface area contributed by atoms with Gasteiger partial charge in [0.25, 0.3) is 0 Å². The number of carboxylic acid groups (broad SMARTS) is 2. The van der Waals surface area contributed by atoms with E-state index in [1.807, 2.05) is 12.1 Å². The van der Waals surface area contributed by atoms with Crippen LogP contribution in [0.25, 0.3) is 22.0 Å². The Morgan fingerprint density at radius 3 is 2.31 bits per heavy atom. The molecule has 0 fully saturated rings. The molecular weight excluding hydrogens is 502 g/mol. The second-order valence-corrected chi connectivity index (χ2v) is 9.23. The zero-order valence-electron chi connectivity index (χ0n) is 21.2. The summed E-state index contributed by atoms with van der Waals surface area (Å²) in [5.74, 6) is -2.62. The Morgan fingerprint density at radius 2 is 1.64 bits per heavy atom. The SMILES string of the molecule is CN1CCC(Oc2ccc3ccccc3c2)c2ccc(-c3cccnn3)cc2C1.O=C(O)C(O)C(O)C(=O)O. The Kier molecular flexibility index (Phi) is 8.82. The van der Waals surface area contributed by atoms with E-state index in [1.54, 1.807) is 6.20 Å². The zero-order valence-corrected chi connectivity index (χ0v) is 21.2. The molecular formula is C29H29N3O7. The predicted octanol–water partition coefficient (Wildman–Crippen LogP) is 3.13. The highest BCUT2D eigenvalue weighted by atomic mass is 16.5. The molecule has 2 heterocycles. The summed E-state index contributed by atoms with van der Waals surface area (Å²) in [4.78, 5) is 21.9. The molecule has 39 heavy (non-hydrogen) atoms. The topological polar surface area (TPSA) is 153 Å². The first kappa shape index (κ1) is 27.6. The first-order valence-electron chi connectivity index (χ1n) is 12.3. The van der Waals surface area contributed by atoms with E-state index in [9.17, 15) is 9.59 Å². The fourth-order valence-electron chi connectivity index (χ4n) is 4.33. The molecule has 3 unspecified atom stereocenters. The maximum absolute atomic E-state index is 9.77. The van der Waals surface area contributed by atoms with Crippen LogP contribution in [-0.2, 0) is 16.1 Å². The summed E-state index contributed by atoms with van der Waals surface area (Å²) in [6.07, 6.45) is -1.84. The molecule has 0 amide bonds. The van der Waals surface area contributed by atoms with E-state index in [2.05, 4.69) is 82.8 Å². The van der Waals surface area contributed by atoms with Gasteiger partial charge in [-0.3, -0.25) is 0 Å². The molecule has 3 atom stereocenters. The van der Waals surface area contributed by atoms with Gasteiger partial charge in [0, 0.05) is 31.3 Å². The molecule has 0 spiro atoms. The molecule has 202 valence electrons. The first-order valence-corrected chi connectivity index (χ1v) is 12.3. The molecule has 4 N–H and O–H groups in total. The second-order valence-electron chi connectivity index (χ2n) is 9.23. The number of aromatic nitrogens is 2. The van der Waals surface area contributed by atoms with E-state index in [1.165, 1.54) is 21.9 Å². The largest absolute Gasteiger partial charge is 0.486 e. The van der Waals surface area contributed by atoms with Crippen molar-refractivity contribution in [3.05, 3.63) is 90.1 Å². The molecule has 0 saturated heterocycles. The monoisotopic (exact) mass is 531 g/mol. The number of aliphatic carboxylic acids is 2. The van der Waals surface area contributed by atoms with Crippen LogP contribution in [0.2, 0.25) is 0 Å². The molecule has 1 aliphatic heterocycles. The first-order chi connectivity index (χ1) is 18.7. The van der Waals surface area contributed by atoms with E-state index in [0.717, 1.165) is 36.5 Å². The fraction of sp³-hybridized carbons (Fsp3) is 0.241. The van der Waals surface area contributed by atoms with E-state index in [4.69, 9.17) is 25.2 Å². The lowest BCUT2D eigenvalue weighted by Gasteiger charge is -2.20. The van der Waals surface area contributed by atoms with Gasteiger partial charge in [0.1, 0.15) is 11.9 Å². The van der Waals surface area contributed by atoms with Gasteiger partial charge in [0.05, 0.1) is 5.69 Å². The van der Waals surface area contributed by atoms with Crippen LogP contribution in [-0.4, -0.2) is 73.3 Å². The van der Waals surface area contributed by atoms with Gasteiger partial charge in [-0.2, -0.15) is 10.2 Å². The number of carboxylic acids is 2. The van der Waals surface area contributed by atoms with Crippen LogP contribution < -0.4 is 4.74 Å². The molecule has 3 aromatic carbocycles. The summed E-state index contributed by atoms with van der Waals surface area (Å²) in [5.41, 5.74) is 4.54. The van der Waals surface area contributed by atoms with Crippen LogP contribution in [0, 0.1) is 0 Å². The zero-order chi connectivity index (χ0) is 27.9. The van der Waals surface area contributed by atoms with Crippen LogP contribution in [0.4, 0.5) is 0 Å². The Labute approximate surface area is 224 Å². The minimum atomic E-state index is -2.27. The molecule has 0 bridgehead atoms. The van der Waals surface area contributed by atoms with Gasteiger partial charge < -0.3 is 30.1 Å². The normalized spacial score (nSPS) is 16.6. The van der Waals surface area contributed by atoms with Crippen molar-refractivity contribution in [3.63, 3.8) is 0 Å². The van der Waals surface area contributed by atoms with E-state index >= 15 is 0 Å². The number of aliphatic hydroxyl groups is 2. The highest BCUT2D eigenvalue weighted by molar-refractivity contribution is 5.84. The molecule has 1 aliphatic rings. The summed E-state index contributed by atoms with van der Waals surface area (Å²) in [6.45, 7) is 1.90. The van der Waals surface area contributed by atoms with Crippen molar-refractivity contribution < 1.29 is 34.8 Å². The number of hydrogen-bond acceptors (Lipinski definition) is 8. The van der Waals surface area contributed by atoms with Crippen molar-refractivity contribution in [3.8, 4) is 17.0 Å². The van der Waals surface area contributed by atoms with Gasteiger partial charge in [-0.1, -0.05) is 42.5 Å². The Bertz CT molecular complexity index is 1430. The van der Waals surface area contributed by atoms with Gasteiger partial charge in [-0.15, -0.1) is 0 Å². The summed E-state index contributed by atoms with van der Waals surface area (Å²) in [7, 11) is 2.16. The molecule has 0 aliphatic carbocycles. The van der Waals surface area contributed by atoms with Crippen molar-refractivity contribution in [1.82, 2.24) is 15.1 Å². The third-order valence-electron chi connectivity index (χ3n) is 6.38. The molecule has 0 radical (unpaired) electrons. The van der Waals surface area contributed by atoms with Gasteiger partial charge in [-0.25, -0.2) is 9.59 Å². The van der Waals surface area contributed by atoms with Crippen molar-refractivity contribution in [2.45, 2.75) is 31.3 Å². The average molecular weight is 532 g/mol. The lowest BCUT2D eigenvalue weighted by Crippen LogP contribution is -2.39. The average Bonchev–Trinajstić information content (AvgIpc) is 3.10. The summed E-state index contributed by atoms with van der Waals surface area (Å²) in [6, 6.07) is 25.2. The van der Waals surface area contributed by atoms with Crippen LogP contribution in [0.15, 0.2) is 79.0 Å². The number of nitrogens with zero attached hydrogens (tertiary/aromatic N) is 3. The van der Waals surface area contributed by atoms with Crippen molar-refractivity contribution in [1.29, 1.82) is 0 Å². The van der Waals surface area contributed by atoms with Crippen LogP contribution in [0.1, 0.15) is 23.7 Å². The third kappa shape index (κ3) is 6.94. The molecule has 1 aromatic heterocycles. The van der Waals surface area contributed by atoms with Crippen LogP contribution >= 0.6 is 0 Å². The number of hydrogen-bond donors (Lipinski definition) is 4. The van der Waals surface area contributed by atoms with Crippen molar-refractivity contribution >= 4 is 22.7 Å². The number of fused-ring (bicyclic) bond motifs is 2. The number of rotatable bonds is 6. The maximum atomic E-state index is 9.77. The van der Waals surface area contributed by atoms with E-state index < -0.39 is 24.1 Å². The molecule has 10 heteroatoms. The highest BCUT2D eigenvalue weighted by Crippen LogP contribution is 2.34. The second kappa shape index (κ2) is 12.4. The van der Waals surface area contributed by atoms with Gasteiger partial charge in [0.15, 0.2) is 12.2 Å². The summed E-state index contributed by atoms with van der Waals surface area (Å²) >= 11 is 0. The molecule has 5 rings (SSSR count). The Morgan fingerprint density at radius 1 is 0.923 bits per heavy atom. The fourth-order valence-corrected chi connectivity index (χ4v) is 4.33. The number of aliphatic hydroxyl groups excluding tert-OH is 2. The quantitative estimate of drug-likeness (QED) is 0.292. The minimum absolute atomic E-state index is 0.0343. The lowest BCUT2D eigenvalue weighted by atomic mass is 9.97. The third-order valence-corrected chi connectivity index (χ3v) is 6.38. The van der Waals surface area contributed by atoms with Gasteiger partial charge in [0.2, 0.25) is 0 Å². The molecule has 0 saturated carbocycles. The van der Waals surface area contributed by atoms with Crippen LogP contribution in [0.3, 0.4) is 0 Å². The van der Waals surface area contributed by atoms with E-state index in [0.29, 0.717) is 0 Å². The smallest absolute Gasteiger partial charge is 0.335 e. The summed E-state index contributed by atoms with van der Waals surface area (Å²) in [5, 5.41) is 43.2. The minimum Gasteiger partial charge on any atom is -0.486 e. The number of carbonyl (C=O) groups is 2. The Hall–Kier alpha value is -4.38. The molecule has 4 aromatic rings. The summed E-state index contributed by atoms with van der Waals surface area (Å²) < 4.78 is 6.51.